The quantitative estimate of drug-likeness (QED) is 0.788. The molecule has 2 aliphatic rings. The lowest BCUT2D eigenvalue weighted by Crippen LogP contribution is -2.33. The second-order valence-electron chi connectivity index (χ2n) is 6.80. The number of carbonyl (C=O) groups is 1. The average Bonchev–Trinajstić information content (AvgIpc) is 2.90. The van der Waals surface area contributed by atoms with Crippen LogP contribution in [-0.2, 0) is 4.79 Å². The summed E-state index contributed by atoms with van der Waals surface area (Å²) in [7, 11) is 0. The molecule has 110 valence electrons. The fraction of sp³-hybridized carbons (Fsp3) is 0.933. The maximum absolute atomic E-state index is 12.3. The van der Waals surface area contributed by atoms with E-state index in [1.807, 2.05) is 4.90 Å². The van der Waals surface area contributed by atoms with Crippen LogP contribution in [0.25, 0.3) is 0 Å². The number of likely N-dealkylation sites (tertiary alicyclic amines) is 1. The second-order valence-corrected chi connectivity index (χ2v) is 6.80. The van der Waals surface area contributed by atoms with Crippen LogP contribution in [0.1, 0.15) is 39.5 Å². The zero-order chi connectivity index (χ0) is 14.0. The monoisotopic (exact) mass is 268 g/mol. The largest absolute Gasteiger partial charge is 0.393 e. The SMILES string of the molecule is CC(C)CC(CN)CC(=O)N1CC2CCC(O)C2C1. The number of nitrogens with zero attached hydrogens (tertiary/aromatic N) is 1. The highest BCUT2D eigenvalue weighted by Crippen LogP contribution is 2.38. The molecule has 0 spiro atoms. The van der Waals surface area contributed by atoms with E-state index in [4.69, 9.17) is 5.73 Å². The van der Waals surface area contributed by atoms with Crippen molar-refractivity contribution in [3.05, 3.63) is 0 Å². The van der Waals surface area contributed by atoms with Crippen molar-refractivity contribution in [3.8, 4) is 0 Å². The summed E-state index contributed by atoms with van der Waals surface area (Å²) in [5.41, 5.74) is 5.77. The van der Waals surface area contributed by atoms with Gasteiger partial charge in [0.25, 0.3) is 0 Å². The van der Waals surface area contributed by atoms with Crippen LogP contribution in [0.15, 0.2) is 0 Å². The highest BCUT2D eigenvalue weighted by molar-refractivity contribution is 5.76. The number of hydrogen-bond donors (Lipinski definition) is 2. The van der Waals surface area contributed by atoms with Gasteiger partial charge in [0, 0.05) is 25.4 Å². The molecule has 4 heteroatoms. The summed E-state index contributed by atoms with van der Waals surface area (Å²) in [4.78, 5) is 14.3. The van der Waals surface area contributed by atoms with Gasteiger partial charge in [0.2, 0.25) is 5.91 Å². The number of nitrogens with two attached hydrogens (primary N) is 1. The molecule has 0 aromatic heterocycles. The molecular weight excluding hydrogens is 240 g/mol. The van der Waals surface area contributed by atoms with Gasteiger partial charge in [-0.25, -0.2) is 0 Å². The van der Waals surface area contributed by atoms with Crippen LogP contribution in [0.4, 0.5) is 0 Å². The van der Waals surface area contributed by atoms with Crippen molar-refractivity contribution >= 4 is 5.91 Å². The van der Waals surface area contributed by atoms with Gasteiger partial charge < -0.3 is 15.7 Å². The van der Waals surface area contributed by atoms with Crippen LogP contribution >= 0.6 is 0 Å². The number of fused-ring (bicyclic) bond motifs is 1. The number of hydrogen-bond acceptors (Lipinski definition) is 3. The highest BCUT2D eigenvalue weighted by Gasteiger charge is 2.43. The molecule has 1 heterocycles. The minimum atomic E-state index is -0.191. The van der Waals surface area contributed by atoms with Crippen molar-refractivity contribution in [2.45, 2.75) is 45.6 Å². The van der Waals surface area contributed by atoms with Gasteiger partial charge in [0.05, 0.1) is 6.10 Å². The molecule has 19 heavy (non-hydrogen) atoms. The third kappa shape index (κ3) is 3.48. The maximum atomic E-state index is 12.3. The van der Waals surface area contributed by atoms with Gasteiger partial charge in [-0.2, -0.15) is 0 Å². The van der Waals surface area contributed by atoms with Crippen LogP contribution in [0.3, 0.4) is 0 Å². The molecule has 1 saturated carbocycles. The first-order valence-corrected chi connectivity index (χ1v) is 7.67. The third-order valence-corrected chi connectivity index (χ3v) is 4.77. The Balaban J connectivity index is 1.84. The van der Waals surface area contributed by atoms with E-state index in [-0.39, 0.29) is 12.0 Å². The Hall–Kier alpha value is -0.610. The van der Waals surface area contributed by atoms with Crippen molar-refractivity contribution in [1.29, 1.82) is 0 Å². The number of aliphatic hydroxyl groups is 1. The Bertz CT molecular complexity index is 319. The van der Waals surface area contributed by atoms with Crippen LogP contribution in [0.5, 0.6) is 0 Å². The molecule has 3 N–H and O–H groups in total. The molecule has 0 aromatic rings. The van der Waals surface area contributed by atoms with E-state index in [2.05, 4.69) is 13.8 Å². The minimum absolute atomic E-state index is 0.191. The Kier molecular flexibility index (Phi) is 4.85. The van der Waals surface area contributed by atoms with Gasteiger partial charge >= 0.3 is 0 Å². The molecule has 0 bridgehead atoms. The van der Waals surface area contributed by atoms with Crippen molar-refractivity contribution in [1.82, 2.24) is 4.90 Å². The van der Waals surface area contributed by atoms with E-state index in [1.165, 1.54) is 0 Å². The summed E-state index contributed by atoms with van der Waals surface area (Å²) < 4.78 is 0. The first-order valence-electron chi connectivity index (χ1n) is 7.67. The lowest BCUT2D eigenvalue weighted by Gasteiger charge is -2.22. The molecule has 4 nitrogen and oxygen atoms in total. The third-order valence-electron chi connectivity index (χ3n) is 4.77. The molecule has 1 amide bonds. The molecule has 1 aliphatic heterocycles. The van der Waals surface area contributed by atoms with Crippen LogP contribution in [0, 0.1) is 23.7 Å². The summed E-state index contributed by atoms with van der Waals surface area (Å²) in [5, 5.41) is 9.89. The van der Waals surface area contributed by atoms with Crippen molar-refractivity contribution in [2.24, 2.45) is 29.4 Å². The molecule has 2 rings (SSSR count). The molecule has 0 radical (unpaired) electrons. The number of aliphatic hydroxyl groups excluding tert-OH is 1. The lowest BCUT2D eigenvalue weighted by molar-refractivity contribution is -0.131. The van der Waals surface area contributed by atoms with E-state index in [0.29, 0.717) is 36.6 Å². The van der Waals surface area contributed by atoms with E-state index >= 15 is 0 Å². The standard InChI is InChI=1S/C15H28N2O2/c1-10(2)5-11(7-16)6-15(19)17-8-12-3-4-14(18)13(12)9-17/h10-14,18H,3-9,16H2,1-2H3. The maximum Gasteiger partial charge on any atom is 0.222 e. The molecule has 4 atom stereocenters. The smallest absolute Gasteiger partial charge is 0.222 e. The van der Waals surface area contributed by atoms with Crippen LogP contribution < -0.4 is 5.73 Å². The van der Waals surface area contributed by atoms with Crippen molar-refractivity contribution in [2.75, 3.05) is 19.6 Å². The van der Waals surface area contributed by atoms with E-state index < -0.39 is 0 Å². The van der Waals surface area contributed by atoms with Gasteiger partial charge in [0.15, 0.2) is 0 Å². The fourth-order valence-electron chi connectivity index (χ4n) is 3.75. The van der Waals surface area contributed by atoms with Crippen LogP contribution in [0.2, 0.25) is 0 Å². The molecule has 1 aliphatic carbocycles. The Morgan fingerprint density at radius 2 is 2.11 bits per heavy atom. The zero-order valence-corrected chi connectivity index (χ0v) is 12.2. The highest BCUT2D eigenvalue weighted by atomic mass is 16.3. The lowest BCUT2D eigenvalue weighted by atomic mass is 9.94. The summed E-state index contributed by atoms with van der Waals surface area (Å²) in [6.45, 7) is 6.53. The Morgan fingerprint density at radius 3 is 2.68 bits per heavy atom. The number of amides is 1. The predicted molar refractivity (Wildman–Crippen MR) is 75.4 cm³/mol. The first-order chi connectivity index (χ1) is 9.01. The number of rotatable bonds is 5. The normalized spacial score (nSPS) is 31.8. The van der Waals surface area contributed by atoms with Gasteiger partial charge in [-0.05, 0) is 43.6 Å². The van der Waals surface area contributed by atoms with Gasteiger partial charge in [-0.15, -0.1) is 0 Å². The van der Waals surface area contributed by atoms with Crippen molar-refractivity contribution in [3.63, 3.8) is 0 Å². The van der Waals surface area contributed by atoms with E-state index in [1.54, 1.807) is 0 Å². The van der Waals surface area contributed by atoms with Crippen molar-refractivity contribution < 1.29 is 9.90 Å². The topological polar surface area (TPSA) is 66.6 Å². The van der Waals surface area contributed by atoms with E-state index in [9.17, 15) is 9.90 Å². The molecule has 4 unspecified atom stereocenters. The molecular formula is C15H28N2O2. The zero-order valence-electron chi connectivity index (χ0n) is 12.2. The summed E-state index contributed by atoms with van der Waals surface area (Å²) in [5.74, 6) is 1.97. The van der Waals surface area contributed by atoms with Gasteiger partial charge in [-0.1, -0.05) is 13.8 Å². The Morgan fingerprint density at radius 1 is 1.37 bits per heavy atom. The van der Waals surface area contributed by atoms with Gasteiger partial charge in [0.1, 0.15) is 0 Å². The average molecular weight is 268 g/mol. The van der Waals surface area contributed by atoms with Crippen LogP contribution in [-0.4, -0.2) is 41.7 Å². The molecule has 1 saturated heterocycles. The summed E-state index contributed by atoms with van der Waals surface area (Å²) in [6, 6.07) is 0. The molecule has 2 fully saturated rings. The molecule has 0 aromatic carbocycles. The summed E-state index contributed by atoms with van der Waals surface area (Å²) >= 11 is 0. The summed E-state index contributed by atoms with van der Waals surface area (Å²) in [6.07, 6.45) is 3.39. The fourth-order valence-corrected chi connectivity index (χ4v) is 3.75. The predicted octanol–water partition coefficient (Wildman–Crippen LogP) is 1.23. The minimum Gasteiger partial charge on any atom is -0.393 e. The second kappa shape index (κ2) is 6.23. The Labute approximate surface area is 116 Å². The first kappa shape index (κ1) is 14.8. The van der Waals surface area contributed by atoms with Gasteiger partial charge in [-0.3, -0.25) is 4.79 Å². The van der Waals surface area contributed by atoms with E-state index in [0.717, 1.165) is 32.4 Å². The number of carbonyl (C=O) groups excluding carboxylic acids is 1.